The van der Waals surface area contributed by atoms with Crippen molar-refractivity contribution in [3.8, 4) is 23.2 Å². The van der Waals surface area contributed by atoms with Crippen molar-refractivity contribution in [2.24, 2.45) is 11.8 Å². The number of carbonyl (C=O) groups excluding carboxylic acids is 1. The number of nitrogens with zero attached hydrogens (tertiary/aromatic N) is 3. The van der Waals surface area contributed by atoms with Gasteiger partial charge in [-0.2, -0.15) is 5.26 Å². The van der Waals surface area contributed by atoms with Gasteiger partial charge in [0.2, 0.25) is 5.88 Å². The van der Waals surface area contributed by atoms with Gasteiger partial charge in [0.15, 0.2) is 6.61 Å². The fourth-order valence-corrected chi connectivity index (χ4v) is 4.75. The van der Waals surface area contributed by atoms with Gasteiger partial charge in [-0.1, -0.05) is 30.3 Å². The first-order valence-electron chi connectivity index (χ1n) is 11.4. The average molecular weight is 518 g/mol. The summed E-state index contributed by atoms with van der Waals surface area (Å²) < 4.78 is 19.2. The number of halogens is 1. The summed E-state index contributed by atoms with van der Waals surface area (Å²) in [6.07, 6.45) is 4.25. The molecular formula is C25H32BrN3O4. The van der Waals surface area contributed by atoms with E-state index in [-0.39, 0.29) is 19.2 Å². The highest BCUT2D eigenvalue weighted by atomic mass is 79.9. The minimum Gasteiger partial charge on any atom is -0.460 e. The smallest absolute Gasteiger partial charge is 0.332 e. The van der Waals surface area contributed by atoms with Gasteiger partial charge in [-0.3, -0.25) is 4.68 Å². The molecule has 0 radical (unpaired) electrons. The second-order valence-corrected chi connectivity index (χ2v) is 10.2. The molecule has 1 heterocycles. The molecule has 0 unspecified atom stereocenters. The van der Waals surface area contributed by atoms with Crippen LogP contribution in [0.25, 0.3) is 11.3 Å². The Bertz CT molecular complexity index is 955. The molecule has 0 amide bonds. The molecule has 3 rings (SSSR count). The van der Waals surface area contributed by atoms with E-state index < -0.39 is 5.60 Å². The third-order valence-corrected chi connectivity index (χ3v) is 6.29. The first kappa shape index (κ1) is 25.3. The van der Waals surface area contributed by atoms with Crippen molar-refractivity contribution < 1.29 is 19.0 Å². The van der Waals surface area contributed by atoms with E-state index in [1.165, 1.54) is 0 Å². The Labute approximate surface area is 204 Å². The summed E-state index contributed by atoms with van der Waals surface area (Å²) >= 11 is 3.63. The SMILES string of the molecule is CC(C)(C)OC(=O)COCC1CCC(Cn2nc(OCC#N)c(Br)c2-c2ccccc2)CC1. The van der Waals surface area contributed by atoms with Crippen molar-refractivity contribution in [1.29, 1.82) is 5.26 Å². The van der Waals surface area contributed by atoms with E-state index in [0.29, 0.717) is 24.3 Å². The lowest BCUT2D eigenvalue weighted by atomic mass is 9.82. The molecule has 1 aliphatic rings. The normalized spacial score (nSPS) is 18.5. The molecule has 1 saturated carbocycles. The van der Waals surface area contributed by atoms with Gasteiger partial charge in [-0.25, -0.2) is 4.79 Å². The van der Waals surface area contributed by atoms with Crippen LogP contribution in [0.1, 0.15) is 46.5 Å². The molecule has 1 aromatic carbocycles. The van der Waals surface area contributed by atoms with Gasteiger partial charge >= 0.3 is 5.97 Å². The number of carbonyl (C=O) groups is 1. The first-order chi connectivity index (χ1) is 15.8. The maximum atomic E-state index is 11.8. The zero-order chi connectivity index (χ0) is 23.8. The Balaban J connectivity index is 1.56. The van der Waals surface area contributed by atoms with Crippen LogP contribution in [0, 0.1) is 23.2 Å². The lowest BCUT2D eigenvalue weighted by molar-refractivity contribution is -0.160. The summed E-state index contributed by atoms with van der Waals surface area (Å²) in [5, 5.41) is 13.5. The van der Waals surface area contributed by atoms with E-state index in [9.17, 15) is 4.79 Å². The zero-order valence-corrected chi connectivity index (χ0v) is 21.1. The second kappa shape index (κ2) is 11.7. The van der Waals surface area contributed by atoms with Gasteiger partial charge in [-0.15, -0.1) is 5.10 Å². The van der Waals surface area contributed by atoms with Crippen LogP contribution in [0.3, 0.4) is 0 Å². The zero-order valence-electron chi connectivity index (χ0n) is 19.6. The van der Waals surface area contributed by atoms with E-state index >= 15 is 0 Å². The molecule has 0 spiro atoms. The number of nitriles is 1. The Morgan fingerprint density at radius 3 is 2.48 bits per heavy atom. The van der Waals surface area contributed by atoms with Crippen LogP contribution in [0.2, 0.25) is 0 Å². The van der Waals surface area contributed by atoms with Crippen molar-refractivity contribution in [3.63, 3.8) is 0 Å². The minimum absolute atomic E-state index is 0.00439. The second-order valence-electron chi connectivity index (χ2n) is 9.45. The number of ether oxygens (including phenoxy) is 3. The maximum absolute atomic E-state index is 11.8. The number of esters is 1. The van der Waals surface area contributed by atoms with Crippen LogP contribution in [0.5, 0.6) is 5.88 Å². The monoisotopic (exact) mass is 517 g/mol. The molecule has 2 aromatic rings. The van der Waals surface area contributed by atoms with Gasteiger partial charge in [0.1, 0.15) is 22.7 Å². The fraction of sp³-hybridized carbons (Fsp3) is 0.560. The summed E-state index contributed by atoms with van der Waals surface area (Å²) in [5.74, 6) is 1.07. The minimum atomic E-state index is -0.488. The van der Waals surface area contributed by atoms with Gasteiger partial charge in [0.25, 0.3) is 0 Å². The Kier molecular flexibility index (Phi) is 8.93. The standard InChI is InChI=1S/C25H32BrN3O4/c1-25(2,3)33-21(30)17-31-16-19-11-9-18(10-12-19)15-29-23(20-7-5-4-6-8-20)22(26)24(28-29)32-14-13-27/h4-8,18-19H,9-12,14-17H2,1-3H3. The van der Waals surface area contributed by atoms with Crippen molar-refractivity contribution in [2.45, 2.75) is 58.6 Å². The number of hydrogen-bond acceptors (Lipinski definition) is 6. The van der Waals surface area contributed by atoms with Crippen molar-refractivity contribution in [1.82, 2.24) is 9.78 Å². The summed E-state index contributed by atoms with van der Waals surface area (Å²) in [4.78, 5) is 11.8. The predicted molar refractivity (Wildman–Crippen MR) is 129 cm³/mol. The van der Waals surface area contributed by atoms with Crippen LogP contribution in [-0.4, -0.2) is 41.2 Å². The molecule has 0 N–H and O–H groups in total. The maximum Gasteiger partial charge on any atom is 0.332 e. The molecule has 7 nitrogen and oxygen atoms in total. The largest absolute Gasteiger partial charge is 0.460 e. The summed E-state index contributed by atoms with van der Waals surface area (Å²) in [5.41, 5.74) is 1.53. The summed E-state index contributed by atoms with van der Waals surface area (Å²) in [7, 11) is 0. The van der Waals surface area contributed by atoms with Gasteiger partial charge in [-0.05, 0) is 74.2 Å². The Hall–Kier alpha value is -2.37. The molecule has 33 heavy (non-hydrogen) atoms. The van der Waals surface area contributed by atoms with E-state index in [2.05, 4.69) is 21.0 Å². The highest BCUT2D eigenvalue weighted by Crippen LogP contribution is 2.38. The Morgan fingerprint density at radius 2 is 1.85 bits per heavy atom. The summed E-state index contributed by atoms with van der Waals surface area (Å²) in [6, 6.07) is 12.1. The molecule has 0 aliphatic heterocycles. The molecule has 8 heteroatoms. The summed E-state index contributed by atoms with van der Waals surface area (Å²) in [6.45, 7) is 6.89. The lowest BCUT2D eigenvalue weighted by Gasteiger charge is -2.28. The van der Waals surface area contributed by atoms with Gasteiger partial charge in [0.05, 0.1) is 12.3 Å². The van der Waals surface area contributed by atoms with Crippen LogP contribution < -0.4 is 4.74 Å². The van der Waals surface area contributed by atoms with E-state index in [0.717, 1.165) is 48.0 Å². The molecule has 1 aliphatic carbocycles. The number of rotatable bonds is 9. The van der Waals surface area contributed by atoms with E-state index in [1.54, 1.807) is 0 Å². The highest BCUT2D eigenvalue weighted by Gasteiger charge is 2.26. The third-order valence-electron chi connectivity index (χ3n) is 5.58. The van der Waals surface area contributed by atoms with Crippen LogP contribution in [0.4, 0.5) is 0 Å². The van der Waals surface area contributed by atoms with Crippen molar-refractivity contribution in [3.05, 3.63) is 34.8 Å². The number of hydrogen-bond donors (Lipinski definition) is 0. The van der Waals surface area contributed by atoms with Crippen LogP contribution >= 0.6 is 15.9 Å². The number of aromatic nitrogens is 2. The number of benzene rings is 1. The molecule has 1 fully saturated rings. The van der Waals surface area contributed by atoms with Crippen LogP contribution in [0.15, 0.2) is 34.8 Å². The third kappa shape index (κ3) is 7.58. The van der Waals surface area contributed by atoms with Gasteiger partial charge in [0, 0.05) is 12.1 Å². The molecule has 0 atom stereocenters. The quantitative estimate of drug-likeness (QED) is 0.415. The molecular weight excluding hydrogens is 486 g/mol. The molecule has 1 aromatic heterocycles. The molecule has 0 bridgehead atoms. The van der Waals surface area contributed by atoms with E-state index in [1.807, 2.05) is 61.9 Å². The van der Waals surface area contributed by atoms with Crippen molar-refractivity contribution >= 4 is 21.9 Å². The Morgan fingerprint density at radius 1 is 1.18 bits per heavy atom. The molecule has 178 valence electrons. The first-order valence-corrected chi connectivity index (χ1v) is 12.2. The van der Waals surface area contributed by atoms with Crippen LogP contribution in [-0.2, 0) is 20.8 Å². The fourth-order valence-electron chi connectivity index (χ4n) is 4.12. The van der Waals surface area contributed by atoms with Crippen molar-refractivity contribution in [2.75, 3.05) is 19.8 Å². The lowest BCUT2D eigenvalue weighted by Crippen LogP contribution is -2.28. The topological polar surface area (TPSA) is 86.4 Å². The molecule has 0 saturated heterocycles. The van der Waals surface area contributed by atoms with E-state index in [4.69, 9.17) is 19.5 Å². The van der Waals surface area contributed by atoms with Gasteiger partial charge < -0.3 is 14.2 Å². The average Bonchev–Trinajstić information content (AvgIpc) is 3.07. The highest BCUT2D eigenvalue weighted by molar-refractivity contribution is 9.10. The predicted octanol–water partition coefficient (Wildman–Crippen LogP) is 5.38.